The van der Waals surface area contributed by atoms with Crippen LogP contribution in [0.3, 0.4) is 0 Å². The van der Waals surface area contributed by atoms with E-state index in [1.54, 1.807) is 0 Å². The van der Waals surface area contributed by atoms with E-state index in [4.69, 9.17) is 4.74 Å². The van der Waals surface area contributed by atoms with Gasteiger partial charge in [-0.2, -0.15) is 5.01 Å². The Hall–Kier alpha value is -2.26. The van der Waals surface area contributed by atoms with Gasteiger partial charge in [-0.05, 0) is 17.7 Å². The Labute approximate surface area is 112 Å². The number of ether oxygens (including phenoxy) is 1. The van der Waals surface area contributed by atoms with Gasteiger partial charge in [0.25, 0.3) is 0 Å². The molecule has 0 aromatic heterocycles. The van der Waals surface area contributed by atoms with Crippen molar-refractivity contribution >= 4 is 5.70 Å². The van der Waals surface area contributed by atoms with Gasteiger partial charge in [0.15, 0.2) is 6.73 Å². The summed E-state index contributed by atoms with van der Waals surface area (Å²) < 4.78 is 5.75. The molecule has 94 valence electrons. The highest BCUT2D eigenvalue weighted by molar-refractivity contribution is 5.67. The summed E-state index contributed by atoms with van der Waals surface area (Å²) in [4.78, 5) is 0. The fraction of sp³-hybridized carbons (Fsp3) is 0.125. The van der Waals surface area contributed by atoms with E-state index < -0.39 is 0 Å². The summed E-state index contributed by atoms with van der Waals surface area (Å²) in [7, 11) is 0. The van der Waals surface area contributed by atoms with Crippen LogP contribution >= 0.6 is 0 Å². The predicted octanol–water partition coefficient (Wildman–Crippen LogP) is 2.94. The van der Waals surface area contributed by atoms with Crippen LogP contribution in [0.15, 0.2) is 60.7 Å². The third-order valence-corrected chi connectivity index (χ3v) is 3.61. The van der Waals surface area contributed by atoms with E-state index in [9.17, 15) is 0 Å². The molecule has 0 saturated carbocycles. The number of para-hydroxylation sites is 1. The van der Waals surface area contributed by atoms with E-state index in [1.165, 1.54) is 11.1 Å². The fourth-order valence-corrected chi connectivity index (χ4v) is 2.65. The number of hydrogen-bond donors (Lipinski definition) is 1. The smallest absolute Gasteiger partial charge is 0.159 e. The Kier molecular flexibility index (Phi) is 2.32. The summed E-state index contributed by atoms with van der Waals surface area (Å²) in [6.07, 6.45) is 2.26. The Morgan fingerprint density at radius 3 is 2.68 bits per heavy atom. The largest absolute Gasteiger partial charge is 0.476 e. The molecule has 0 amide bonds. The lowest BCUT2D eigenvalue weighted by Crippen LogP contribution is -2.40. The highest BCUT2D eigenvalue weighted by Crippen LogP contribution is 2.38. The number of nitrogens with zero attached hydrogens (tertiary/aromatic N) is 1. The second-order valence-corrected chi connectivity index (χ2v) is 4.78. The van der Waals surface area contributed by atoms with E-state index in [2.05, 4.69) is 52.9 Å². The van der Waals surface area contributed by atoms with Crippen molar-refractivity contribution in [1.29, 1.82) is 0 Å². The third-order valence-electron chi connectivity index (χ3n) is 3.61. The van der Waals surface area contributed by atoms with Crippen molar-refractivity contribution in [3.8, 4) is 5.75 Å². The molecule has 0 bridgehead atoms. The van der Waals surface area contributed by atoms with Gasteiger partial charge in [-0.25, -0.2) is 0 Å². The molecule has 2 aliphatic rings. The average molecular weight is 250 g/mol. The van der Waals surface area contributed by atoms with Crippen LogP contribution in [0.5, 0.6) is 5.75 Å². The fourth-order valence-electron chi connectivity index (χ4n) is 2.65. The highest BCUT2D eigenvalue weighted by Gasteiger charge is 2.32. The van der Waals surface area contributed by atoms with Gasteiger partial charge in [-0.3, -0.25) is 0 Å². The molecule has 2 aliphatic heterocycles. The van der Waals surface area contributed by atoms with Gasteiger partial charge in [0, 0.05) is 5.56 Å². The van der Waals surface area contributed by atoms with Crippen molar-refractivity contribution in [2.24, 2.45) is 0 Å². The van der Waals surface area contributed by atoms with Gasteiger partial charge in [-0.1, -0.05) is 48.5 Å². The molecule has 3 heteroatoms. The van der Waals surface area contributed by atoms with E-state index in [0.29, 0.717) is 6.73 Å². The SMILES string of the molecule is C1=C(c2ccccc2)NN2COc3ccccc3C12. The van der Waals surface area contributed by atoms with Gasteiger partial charge in [0.2, 0.25) is 0 Å². The van der Waals surface area contributed by atoms with Crippen LogP contribution in [-0.4, -0.2) is 11.7 Å². The second-order valence-electron chi connectivity index (χ2n) is 4.78. The van der Waals surface area contributed by atoms with Crippen LogP contribution in [-0.2, 0) is 0 Å². The van der Waals surface area contributed by atoms with Crippen molar-refractivity contribution < 1.29 is 4.74 Å². The first-order valence-corrected chi connectivity index (χ1v) is 6.44. The van der Waals surface area contributed by atoms with Gasteiger partial charge in [-0.15, -0.1) is 0 Å². The number of fused-ring (bicyclic) bond motifs is 3. The third kappa shape index (κ3) is 1.71. The van der Waals surface area contributed by atoms with Crippen LogP contribution in [0.2, 0.25) is 0 Å². The number of hydrogen-bond acceptors (Lipinski definition) is 3. The summed E-state index contributed by atoms with van der Waals surface area (Å²) >= 11 is 0. The normalized spacial score (nSPS) is 20.8. The maximum Gasteiger partial charge on any atom is 0.159 e. The lowest BCUT2D eigenvalue weighted by molar-refractivity contribution is 0.0595. The molecule has 3 nitrogen and oxygen atoms in total. The molecule has 0 aliphatic carbocycles. The average Bonchev–Trinajstić information content (AvgIpc) is 2.93. The molecule has 0 radical (unpaired) electrons. The van der Waals surface area contributed by atoms with Crippen molar-refractivity contribution in [2.45, 2.75) is 6.04 Å². The minimum atomic E-state index is 0.250. The van der Waals surface area contributed by atoms with Crippen LogP contribution in [0, 0.1) is 0 Å². The van der Waals surface area contributed by atoms with Crippen LogP contribution in [0.1, 0.15) is 17.2 Å². The van der Waals surface area contributed by atoms with E-state index in [-0.39, 0.29) is 6.04 Å². The molecule has 2 heterocycles. The quantitative estimate of drug-likeness (QED) is 0.842. The molecule has 1 N–H and O–H groups in total. The molecule has 1 atom stereocenters. The van der Waals surface area contributed by atoms with E-state index in [1.807, 2.05) is 18.2 Å². The summed E-state index contributed by atoms with van der Waals surface area (Å²) in [6, 6.07) is 18.8. The summed E-state index contributed by atoms with van der Waals surface area (Å²) in [6.45, 7) is 0.564. The van der Waals surface area contributed by atoms with Crippen LogP contribution in [0.4, 0.5) is 0 Å². The number of nitrogens with one attached hydrogen (secondary N) is 1. The molecule has 0 saturated heterocycles. The molecule has 2 aromatic rings. The van der Waals surface area contributed by atoms with E-state index >= 15 is 0 Å². The molecule has 1 unspecified atom stereocenters. The number of hydrazine groups is 1. The predicted molar refractivity (Wildman–Crippen MR) is 74.1 cm³/mol. The molecular formula is C16H14N2O. The maximum absolute atomic E-state index is 5.75. The van der Waals surface area contributed by atoms with Crippen molar-refractivity contribution in [3.05, 3.63) is 71.8 Å². The first-order valence-electron chi connectivity index (χ1n) is 6.44. The zero-order valence-electron chi connectivity index (χ0n) is 10.4. The second kappa shape index (κ2) is 4.14. The lowest BCUT2D eigenvalue weighted by Gasteiger charge is -2.31. The minimum absolute atomic E-state index is 0.250. The first-order chi connectivity index (χ1) is 9.42. The Morgan fingerprint density at radius 2 is 1.79 bits per heavy atom. The zero-order valence-corrected chi connectivity index (χ0v) is 10.4. The summed E-state index contributed by atoms with van der Waals surface area (Å²) in [5, 5.41) is 2.12. The number of benzene rings is 2. The maximum atomic E-state index is 5.75. The zero-order chi connectivity index (χ0) is 12.7. The van der Waals surface area contributed by atoms with Gasteiger partial charge >= 0.3 is 0 Å². The standard InChI is InChI=1S/C16H14N2O/c1-2-6-12(7-3-1)14-10-15-13-8-4-5-9-16(13)19-11-18(15)17-14/h1-10,15,17H,11H2. The van der Waals surface area contributed by atoms with Gasteiger partial charge < -0.3 is 10.2 Å². The Morgan fingerprint density at radius 1 is 1.00 bits per heavy atom. The molecular weight excluding hydrogens is 236 g/mol. The Balaban J connectivity index is 1.74. The Bertz CT molecular complexity index is 636. The first kappa shape index (κ1) is 10.6. The number of rotatable bonds is 1. The molecule has 19 heavy (non-hydrogen) atoms. The minimum Gasteiger partial charge on any atom is -0.476 e. The van der Waals surface area contributed by atoms with Crippen molar-refractivity contribution in [2.75, 3.05) is 6.73 Å². The summed E-state index contributed by atoms with van der Waals surface area (Å²) in [5.74, 6) is 0.983. The van der Waals surface area contributed by atoms with Crippen LogP contribution in [0.25, 0.3) is 5.70 Å². The highest BCUT2D eigenvalue weighted by atomic mass is 16.5. The lowest BCUT2D eigenvalue weighted by atomic mass is 10.0. The van der Waals surface area contributed by atoms with Crippen molar-refractivity contribution in [1.82, 2.24) is 10.4 Å². The van der Waals surface area contributed by atoms with Gasteiger partial charge in [0.1, 0.15) is 5.75 Å². The molecule has 2 aromatic carbocycles. The monoisotopic (exact) mass is 250 g/mol. The topological polar surface area (TPSA) is 24.5 Å². The molecule has 4 rings (SSSR count). The van der Waals surface area contributed by atoms with Gasteiger partial charge in [0.05, 0.1) is 11.7 Å². The summed E-state index contributed by atoms with van der Waals surface area (Å²) in [5.41, 5.74) is 6.98. The van der Waals surface area contributed by atoms with Crippen molar-refractivity contribution in [3.63, 3.8) is 0 Å². The molecule has 0 spiro atoms. The molecule has 0 fully saturated rings. The van der Waals surface area contributed by atoms with Crippen LogP contribution < -0.4 is 10.2 Å². The van der Waals surface area contributed by atoms with E-state index in [0.717, 1.165) is 11.4 Å².